The van der Waals surface area contributed by atoms with E-state index in [0.29, 0.717) is 31.4 Å². The van der Waals surface area contributed by atoms with Crippen molar-refractivity contribution in [2.75, 3.05) is 18.4 Å². The van der Waals surface area contributed by atoms with Crippen LogP contribution in [0.5, 0.6) is 0 Å². The molecule has 3 atom stereocenters. The fraction of sp³-hybridized carbons (Fsp3) is 0.606. The van der Waals surface area contributed by atoms with Crippen LogP contribution >= 0.6 is 0 Å². The summed E-state index contributed by atoms with van der Waals surface area (Å²) in [5, 5.41) is 10.7. The normalized spacial score (nSPS) is 15.9. The largest absolute Gasteiger partial charge is 0.460 e. The number of esters is 1. The minimum atomic E-state index is -0.998. The van der Waals surface area contributed by atoms with Gasteiger partial charge in [0.25, 0.3) is 0 Å². The maximum absolute atomic E-state index is 13.4. The van der Waals surface area contributed by atoms with E-state index in [2.05, 4.69) is 21.3 Å². The van der Waals surface area contributed by atoms with Gasteiger partial charge in [-0.05, 0) is 70.1 Å². The van der Waals surface area contributed by atoms with Crippen LogP contribution in [-0.2, 0) is 40.1 Å². The van der Waals surface area contributed by atoms with Crippen LogP contribution < -0.4 is 27.0 Å². The quantitative estimate of drug-likeness (QED) is 0.0676. The number of urea groups is 1. The van der Waals surface area contributed by atoms with Crippen molar-refractivity contribution in [2.24, 2.45) is 17.1 Å². The van der Waals surface area contributed by atoms with Crippen molar-refractivity contribution < 1.29 is 38.3 Å². The molecule has 15 heteroatoms. The molecule has 262 valence electrons. The van der Waals surface area contributed by atoms with E-state index in [9.17, 15) is 33.6 Å². The maximum Gasteiger partial charge on any atom is 0.312 e. The summed E-state index contributed by atoms with van der Waals surface area (Å²) < 4.78 is 5.33. The average Bonchev–Trinajstić information content (AvgIpc) is 3.25. The van der Waals surface area contributed by atoms with Crippen molar-refractivity contribution in [1.82, 2.24) is 20.9 Å². The molecular formula is C33H49BN6O8. The smallest absolute Gasteiger partial charge is 0.312 e. The molecule has 2 unspecified atom stereocenters. The third-order valence-corrected chi connectivity index (χ3v) is 7.64. The maximum atomic E-state index is 13.4. The number of carbonyl (C=O) groups is 7. The van der Waals surface area contributed by atoms with Crippen LogP contribution in [-0.4, -0.2) is 79.5 Å². The SMILES string of the molecule is [B]C1CC(=O)N(CCCCCC(=O)N[C@H](C(=O)NC(CCCNC(N)=O)C(=O)Nc2ccc(COC(=O)C(C)(C)C)cc2)C(C)C)C1=O. The number of primary amides is 1. The van der Waals surface area contributed by atoms with Gasteiger partial charge in [-0.25, -0.2) is 4.79 Å². The van der Waals surface area contributed by atoms with Crippen LogP contribution in [0.4, 0.5) is 10.5 Å². The molecule has 0 aliphatic carbocycles. The van der Waals surface area contributed by atoms with Crippen molar-refractivity contribution in [2.45, 2.75) is 104 Å². The van der Waals surface area contributed by atoms with E-state index in [0.717, 1.165) is 10.5 Å². The molecule has 48 heavy (non-hydrogen) atoms. The number of hydrogen-bond donors (Lipinski definition) is 5. The second kappa shape index (κ2) is 18.8. The molecule has 0 saturated carbocycles. The van der Waals surface area contributed by atoms with Gasteiger partial charge >= 0.3 is 12.0 Å². The van der Waals surface area contributed by atoms with E-state index in [-0.39, 0.29) is 68.6 Å². The number of benzene rings is 1. The highest BCUT2D eigenvalue weighted by Gasteiger charge is 2.34. The first-order chi connectivity index (χ1) is 22.5. The Morgan fingerprint density at radius 2 is 1.65 bits per heavy atom. The number of unbranched alkanes of at least 4 members (excludes halogenated alkanes) is 2. The van der Waals surface area contributed by atoms with E-state index >= 15 is 0 Å². The lowest BCUT2D eigenvalue weighted by atomic mass is 9.86. The summed E-state index contributed by atoms with van der Waals surface area (Å²) in [6.45, 7) is 9.34. The first kappa shape index (κ1) is 39.8. The molecule has 0 aromatic heterocycles. The fourth-order valence-corrected chi connectivity index (χ4v) is 4.78. The highest BCUT2D eigenvalue weighted by molar-refractivity contribution is 6.29. The number of likely N-dealkylation sites (tertiary alicyclic amines) is 1. The van der Waals surface area contributed by atoms with Crippen molar-refractivity contribution >= 4 is 55.1 Å². The zero-order chi connectivity index (χ0) is 36.0. The summed E-state index contributed by atoms with van der Waals surface area (Å²) in [7, 11) is 5.63. The second-order valence-electron chi connectivity index (χ2n) is 13.3. The van der Waals surface area contributed by atoms with Crippen LogP contribution in [0.1, 0.15) is 85.1 Å². The number of ether oxygens (including phenoxy) is 1. The summed E-state index contributed by atoms with van der Waals surface area (Å²) in [5.74, 6) is -3.49. The number of carbonyl (C=O) groups excluding carboxylic acids is 7. The lowest BCUT2D eigenvalue weighted by Gasteiger charge is -2.25. The Bertz CT molecular complexity index is 1310. The lowest BCUT2D eigenvalue weighted by Crippen LogP contribution is -2.54. The summed E-state index contributed by atoms with van der Waals surface area (Å²) in [4.78, 5) is 87.5. The molecule has 1 aliphatic rings. The third-order valence-electron chi connectivity index (χ3n) is 7.64. The lowest BCUT2D eigenvalue weighted by molar-refractivity contribution is -0.154. The van der Waals surface area contributed by atoms with Gasteiger partial charge in [0.1, 0.15) is 18.7 Å². The van der Waals surface area contributed by atoms with Crippen LogP contribution in [0.25, 0.3) is 0 Å². The predicted octanol–water partition coefficient (Wildman–Crippen LogP) is 2.06. The van der Waals surface area contributed by atoms with Crippen molar-refractivity contribution in [3.05, 3.63) is 29.8 Å². The number of anilines is 1. The Labute approximate surface area is 283 Å². The minimum absolute atomic E-state index is 0.0116. The van der Waals surface area contributed by atoms with Crippen molar-refractivity contribution in [3.63, 3.8) is 0 Å². The molecule has 6 N–H and O–H groups in total. The zero-order valence-electron chi connectivity index (χ0n) is 28.6. The molecule has 1 aliphatic heterocycles. The Balaban J connectivity index is 1.95. The number of amides is 7. The van der Waals surface area contributed by atoms with Gasteiger partial charge in [-0.2, -0.15) is 0 Å². The average molecular weight is 669 g/mol. The van der Waals surface area contributed by atoms with E-state index in [4.69, 9.17) is 18.3 Å². The molecule has 1 fully saturated rings. The van der Waals surface area contributed by atoms with Crippen LogP contribution in [0.3, 0.4) is 0 Å². The minimum Gasteiger partial charge on any atom is -0.460 e. The molecular weight excluding hydrogens is 619 g/mol. The predicted molar refractivity (Wildman–Crippen MR) is 179 cm³/mol. The van der Waals surface area contributed by atoms with Gasteiger partial charge in [-0.3, -0.25) is 33.7 Å². The van der Waals surface area contributed by atoms with Gasteiger partial charge in [0.15, 0.2) is 0 Å². The number of imide groups is 1. The first-order valence-corrected chi connectivity index (χ1v) is 16.3. The molecule has 0 bridgehead atoms. The number of hydrogen-bond acceptors (Lipinski definition) is 8. The highest BCUT2D eigenvalue weighted by Crippen LogP contribution is 2.22. The van der Waals surface area contributed by atoms with Crippen LogP contribution in [0, 0.1) is 11.3 Å². The first-order valence-electron chi connectivity index (χ1n) is 16.3. The number of nitrogens with one attached hydrogen (secondary N) is 4. The fourth-order valence-electron chi connectivity index (χ4n) is 4.78. The summed E-state index contributed by atoms with van der Waals surface area (Å²) >= 11 is 0. The van der Waals surface area contributed by atoms with Gasteiger partial charge in [0.05, 0.1) is 13.3 Å². The van der Waals surface area contributed by atoms with E-state index in [1.165, 1.54) is 0 Å². The molecule has 2 rings (SSSR count). The van der Waals surface area contributed by atoms with Gasteiger partial charge in [0.2, 0.25) is 29.5 Å². The van der Waals surface area contributed by atoms with Crippen LogP contribution in [0.2, 0.25) is 5.82 Å². The topological polar surface area (TPSA) is 206 Å². The second-order valence-corrected chi connectivity index (χ2v) is 13.3. The third kappa shape index (κ3) is 13.4. The summed E-state index contributed by atoms with van der Waals surface area (Å²) in [6.07, 6.45) is 2.24. The Morgan fingerprint density at radius 1 is 0.979 bits per heavy atom. The molecule has 1 heterocycles. The summed E-state index contributed by atoms with van der Waals surface area (Å²) in [6, 6.07) is 4.09. The Morgan fingerprint density at radius 3 is 2.21 bits per heavy atom. The molecule has 1 aromatic carbocycles. The van der Waals surface area contributed by atoms with E-state index in [1.54, 1.807) is 58.9 Å². The van der Waals surface area contributed by atoms with Crippen molar-refractivity contribution in [1.29, 1.82) is 0 Å². The van der Waals surface area contributed by atoms with Gasteiger partial charge in [-0.1, -0.05) is 32.4 Å². The van der Waals surface area contributed by atoms with Gasteiger partial charge in [-0.15, -0.1) is 0 Å². The molecule has 1 aromatic rings. The van der Waals surface area contributed by atoms with Crippen LogP contribution in [0.15, 0.2) is 24.3 Å². The zero-order valence-corrected chi connectivity index (χ0v) is 28.6. The number of nitrogens with two attached hydrogens (primary N) is 1. The molecule has 1 saturated heterocycles. The Hall–Kier alpha value is -4.43. The van der Waals surface area contributed by atoms with E-state index < -0.39 is 41.2 Å². The summed E-state index contributed by atoms with van der Waals surface area (Å²) in [5.41, 5.74) is 5.69. The monoisotopic (exact) mass is 668 g/mol. The molecule has 14 nitrogen and oxygen atoms in total. The van der Waals surface area contributed by atoms with E-state index in [1.807, 2.05) is 0 Å². The Kier molecular flexibility index (Phi) is 15.6. The van der Waals surface area contributed by atoms with Gasteiger partial charge < -0.3 is 31.7 Å². The van der Waals surface area contributed by atoms with Crippen molar-refractivity contribution in [3.8, 4) is 0 Å². The molecule has 7 amide bonds. The molecule has 2 radical (unpaired) electrons. The number of nitrogens with zero attached hydrogens (tertiary/aromatic N) is 1. The molecule has 0 spiro atoms. The standard InChI is InChI=1S/C33H49BN6O8/c1-20(2)27(39-25(41)11-7-6-8-17-40-26(42)18-23(34)30(40)45)29(44)38-24(10-9-16-36-32(35)47)28(43)37-22-14-12-21(13-15-22)19-48-31(46)33(3,4)5/h12-15,20,23-24,27H,6-11,16-19H2,1-5H3,(H,37,43)(H,38,44)(H,39,41)(H3,35,36,47)/t23?,24?,27-/m0/s1. The van der Waals surface area contributed by atoms with Gasteiger partial charge in [0, 0.05) is 37.4 Å². The highest BCUT2D eigenvalue weighted by atomic mass is 16.5. The number of rotatable bonds is 18.